The van der Waals surface area contributed by atoms with Gasteiger partial charge < -0.3 is 15.0 Å². The molecule has 0 aliphatic heterocycles. The summed E-state index contributed by atoms with van der Waals surface area (Å²) in [6, 6.07) is 5.86. The lowest BCUT2D eigenvalue weighted by Crippen LogP contribution is -2.30. The van der Waals surface area contributed by atoms with Crippen molar-refractivity contribution in [3.8, 4) is 0 Å². The second-order valence-corrected chi connectivity index (χ2v) is 5.88. The van der Waals surface area contributed by atoms with Crippen molar-refractivity contribution in [2.75, 3.05) is 6.61 Å². The Hall–Kier alpha value is -2.67. The average molecular weight is 327 g/mol. The zero-order valence-corrected chi connectivity index (χ0v) is 14.0. The Kier molecular flexibility index (Phi) is 4.61. The Balaban J connectivity index is 1.50. The van der Waals surface area contributed by atoms with Crippen molar-refractivity contribution in [1.29, 1.82) is 0 Å². The van der Waals surface area contributed by atoms with E-state index in [0.717, 1.165) is 22.2 Å². The molecule has 7 nitrogen and oxygen atoms in total. The van der Waals surface area contributed by atoms with Gasteiger partial charge in [-0.3, -0.25) is 9.48 Å². The van der Waals surface area contributed by atoms with Gasteiger partial charge in [0.2, 0.25) is 5.91 Å². The molecule has 0 fully saturated rings. The molecule has 1 aromatic carbocycles. The van der Waals surface area contributed by atoms with Crippen LogP contribution in [0.15, 0.2) is 30.6 Å². The molecule has 0 saturated carbocycles. The summed E-state index contributed by atoms with van der Waals surface area (Å²) in [7, 11) is 1.84. The van der Waals surface area contributed by atoms with Crippen LogP contribution in [0, 0.1) is 6.92 Å². The van der Waals surface area contributed by atoms with Crippen LogP contribution in [0.2, 0.25) is 0 Å². The number of benzene rings is 1. The van der Waals surface area contributed by atoms with E-state index in [-0.39, 0.29) is 25.2 Å². The van der Waals surface area contributed by atoms with Crippen molar-refractivity contribution < 1.29 is 9.53 Å². The standard InChI is InChI=1S/C17H21N5O2/c1-11-5-4-6-14-17(11)21-15(20-14)9-24-10-16(23)19-12(2)13-7-18-22(3)8-13/h4-8,12H,9-10H2,1-3H3,(H,19,23)(H,20,21). The number of hydrogen-bond acceptors (Lipinski definition) is 4. The van der Waals surface area contributed by atoms with Gasteiger partial charge in [-0.15, -0.1) is 0 Å². The highest BCUT2D eigenvalue weighted by atomic mass is 16.5. The maximum atomic E-state index is 12.0. The fourth-order valence-corrected chi connectivity index (χ4v) is 2.57. The Morgan fingerprint density at radius 1 is 1.46 bits per heavy atom. The summed E-state index contributed by atoms with van der Waals surface area (Å²) < 4.78 is 7.17. The van der Waals surface area contributed by atoms with Crippen LogP contribution >= 0.6 is 0 Å². The molecule has 1 unspecified atom stereocenters. The quantitative estimate of drug-likeness (QED) is 0.725. The maximum absolute atomic E-state index is 12.0. The summed E-state index contributed by atoms with van der Waals surface area (Å²) in [6.45, 7) is 4.18. The Morgan fingerprint density at radius 3 is 3.00 bits per heavy atom. The third kappa shape index (κ3) is 3.62. The van der Waals surface area contributed by atoms with E-state index < -0.39 is 0 Å². The lowest BCUT2D eigenvalue weighted by Gasteiger charge is -2.11. The molecule has 0 saturated heterocycles. The lowest BCUT2D eigenvalue weighted by molar-refractivity contribution is -0.126. The molecule has 2 N–H and O–H groups in total. The largest absolute Gasteiger partial charge is 0.364 e. The van der Waals surface area contributed by atoms with Gasteiger partial charge in [-0.25, -0.2) is 4.98 Å². The summed E-state index contributed by atoms with van der Waals surface area (Å²) in [5.74, 6) is 0.547. The Bertz CT molecular complexity index is 852. The van der Waals surface area contributed by atoms with Crippen LogP contribution in [0.5, 0.6) is 0 Å². The number of para-hydroxylation sites is 1. The Morgan fingerprint density at radius 2 is 2.29 bits per heavy atom. The predicted molar refractivity (Wildman–Crippen MR) is 90.3 cm³/mol. The van der Waals surface area contributed by atoms with Gasteiger partial charge in [-0.05, 0) is 25.5 Å². The van der Waals surface area contributed by atoms with E-state index in [1.54, 1.807) is 10.9 Å². The highest BCUT2D eigenvalue weighted by Crippen LogP contribution is 2.15. The normalized spacial score (nSPS) is 12.5. The van der Waals surface area contributed by atoms with Crippen LogP contribution < -0.4 is 5.32 Å². The number of carbonyl (C=O) groups excluding carboxylic acids is 1. The molecule has 126 valence electrons. The molecule has 24 heavy (non-hydrogen) atoms. The number of nitrogens with zero attached hydrogens (tertiary/aromatic N) is 3. The highest BCUT2D eigenvalue weighted by Gasteiger charge is 2.12. The molecular weight excluding hydrogens is 306 g/mol. The number of aromatic amines is 1. The van der Waals surface area contributed by atoms with Gasteiger partial charge in [-0.1, -0.05) is 12.1 Å². The third-order valence-electron chi connectivity index (χ3n) is 3.84. The van der Waals surface area contributed by atoms with Crippen molar-refractivity contribution in [2.45, 2.75) is 26.5 Å². The number of amides is 1. The fraction of sp³-hybridized carbons (Fsp3) is 0.353. The smallest absolute Gasteiger partial charge is 0.246 e. The van der Waals surface area contributed by atoms with Crippen LogP contribution in [-0.2, 0) is 23.2 Å². The number of ether oxygens (including phenoxy) is 1. The zero-order valence-electron chi connectivity index (χ0n) is 14.0. The predicted octanol–water partition coefficient (Wildman–Crippen LogP) is 2.00. The molecule has 0 aliphatic carbocycles. The van der Waals surface area contributed by atoms with Crippen molar-refractivity contribution >= 4 is 16.9 Å². The molecule has 2 aromatic heterocycles. The molecule has 3 aromatic rings. The van der Waals surface area contributed by atoms with Crippen LogP contribution in [0.1, 0.15) is 29.9 Å². The van der Waals surface area contributed by atoms with Crippen molar-refractivity contribution in [2.24, 2.45) is 7.05 Å². The van der Waals surface area contributed by atoms with E-state index in [0.29, 0.717) is 5.82 Å². The number of aromatic nitrogens is 4. The van der Waals surface area contributed by atoms with Crippen LogP contribution in [0.4, 0.5) is 0 Å². The van der Waals surface area contributed by atoms with E-state index in [2.05, 4.69) is 20.4 Å². The fourth-order valence-electron chi connectivity index (χ4n) is 2.57. The van der Waals surface area contributed by atoms with Gasteiger partial charge >= 0.3 is 0 Å². The first-order chi connectivity index (χ1) is 11.5. The van der Waals surface area contributed by atoms with Gasteiger partial charge in [0.15, 0.2) is 0 Å². The van der Waals surface area contributed by atoms with E-state index >= 15 is 0 Å². The molecule has 7 heteroatoms. The minimum Gasteiger partial charge on any atom is -0.364 e. The number of rotatable bonds is 6. The Labute approximate surface area is 140 Å². The van der Waals surface area contributed by atoms with Gasteiger partial charge in [0.25, 0.3) is 0 Å². The SMILES string of the molecule is Cc1cccc2[nH]c(COCC(=O)NC(C)c3cnn(C)c3)nc12. The number of H-pyrrole nitrogens is 1. The van der Waals surface area contributed by atoms with Gasteiger partial charge in [0, 0.05) is 18.8 Å². The number of fused-ring (bicyclic) bond motifs is 1. The molecule has 0 spiro atoms. The topological polar surface area (TPSA) is 84.8 Å². The van der Waals surface area contributed by atoms with E-state index in [1.165, 1.54) is 0 Å². The van der Waals surface area contributed by atoms with E-state index in [9.17, 15) is 4.79 Å². The number of nitrogens with one attached hydrogen (secondary N) is 2. The number of carbonyl (C=O) groups is 1. The monoisotopic (exact) mass is 327 g/mol. The van der Waals surface area contributed by atoms with Gasteiger partial charge in [-0.2, -0.15) is 5.10 Å². The summed E-state index contributed by atoms with van der Waals surface area (Å²) in [4.78, 5) is 19.7. The molecule has 0 radical (unpaired) electrons. The first-order valence-electron chi connectivity index (χ1n) is 7.83. The lowest BCUT2D eigenvalue weighted by atomic mass is 10.2. The summed E-state index contributed by atoms with van der Waals surface area (Å²) >= 11 is 0. The third-order valence-corrected chi connectivity index (χ3v) is 3.84. The van der Waals surface area contributed by atoms with Crippen molar-refractivity contribution in [3.05, 3.63) is 47.5 Å². The average Bonchev–Trinajstić information content (AvgIpc) is 3.14. The minimum absolute atomic E-state index is 0.0133. The molecule has 3 rings (SSSR count). The molecule has 2 heterocycles. The second-order valence-electron chi connectivity index (χ2n) is 5.88. The van der Waals surface area contributed by atoms with Crippen LogP contribution in [0.3, 0.4) is 0 Å². The molecular formula is C17H21N5O2. The van der Waals surface area contributed by atoms with Gasteiger partial charge in [0.1, 0.15) is 19.0 Å². The number of imidazole rings is 1. The summed E-state index contributed by atoms with van der Waals surface area (Å²) in [5.41, 5.74) is 3.98. The highest BCUT2D eigenvalue weighted by molar-refractivity contribution is 5.78. The van der Waals surface area contributed by atoms with E-state index in [4.69, 9.17) is 4.74 Å². The molecule has 1 amide bonds. The van der Waals surface area contributed by atoms with E-state index in [1.807, 2.05) is 45.3 Å². The summed E-state index contributed by atoms with van der Waals surface area (Å²) in [5, 5.41) is 6.98. The molecule has 0 bridgehead atoms. The minimum atomic E-state index is -0.168. The number of hydrogen-bond donors (Lipinski definition) is 2. The first-order valence-corrected chi connectivity index (χ1v) is 7.83. The zero-order chi connectivity index (χ0) is 17.1. The molecule has 1 atom stereocenters. The molecule has 0 aliphatic rings. The van der Waals surface area contributed by atoms with Gasteiger partial charge in [0.05, 0.1) is 23.3 Å². The first kappa shape index (κ1) is 16.2. The second kappa shape index (κ2) is 6.84. The van der Waals surface area contributed by atoms with Crippen molar-refractivity contribution in [3.63, 3.8) is 0 Å². The summed E-state index contributed by atoms with van der Waals surface area (Å²) in [6.07, 6.45) is 3.62. The van der Waals surface area contributed by atoms with Crippen LogP contribution in [0.25, 0.3) is 11.0 Å². The number of aryl methyl sites for hydroxylation is 2. The van der Waals surface area contributed by atoms with Crippen molar-refractivity contribution in [1.82, 2.24) is 25.1 Å². The van der Waals surface area contributed by atoms with Crippen LogP contribution in [-0.4, -0.2) is 32.3 Å². The maximum Gasteiger partial charge on any atom is 0.246 e.